The second-order valence-electron chi connectivity index (χ2n) is 4.91. The van der Waals surface area contributed by atoms with Gasteiger partial charge in [-0.2, -0.15) is 0 Å². The molecule has 0 saturated carbocycles. The van der Waals surface area contributed by atoms with Crippen LogP contribution in [-0.4, -0.2) is 16.9 Å². The molecule has 0 aliphatic carbocycles. The van der Waals surface area contributed by atoms with E-state index in [-0.39, 0.29) is 5.91 Å². The number of nitrogens with zero attached hydrogens (tertiary/aromatic N) is 2. The Morgan fingerprint density at radius 2 is 2.00 bits per heavy atom. The molecule has 1 aromatic carbocycles. The third kappa shape index (κ3) is 2.03. The summed E-state index contributed by atoms with van der Waals surface area (Å²) >= 11 is 1.33. The number of urea groups is 1. The average molecular weight is 301 g/mol. The first kappa shape index (κ1) is 13.8. The molecule has 1 fully saturated rings. The second-order valence-corrected chi connectivity index (χ2v) is 6.13. The van der Waals surface area contributed by atoms with E-state index in [4.69, 9.17) is 0 Å². The van der Waals surface area contributed by atoms with Gasteiger partial charge in [-0.3, -0.25) is 4.79 Å². The van der Waals surface area contributed by atoms with Crippen molar-refractivity contribution >= 4 is 28.3 Å². The van der Waals surface area contributed by atoms with Crippen molar-refractivity contribution in [2.45, 2.75) is 25.8 Å². The summed E-state index contributed by atoms with van der Waals surface area (Å²) in [5.41, 5.74) is -0.189. The zero-order chi connectivity index (χ0) is 15.0. The fourth-order valence-corrected chi connectivity index (χ4v) is 3.36. The van der Waals surface area contributed by atoms with E-state index in [0.717, 1.165) is 10.6 Å². The fourth-order valence-electron chi connectivity index (χ4n) is 2.59. The molecule has 0 radical (unpaired) electrons. The molecule has 1 atom stereocenters. The van der Waals surface area contributed by atoms with Gasteiger partial charge in [0.05, 0.1) is 11.2 Å². The van der Waals surface area contributed by atoms with E-state index in [2.05, 4.69) is 10.3 Å². The molecule has 1 unspecified atom stereocenters. The number of carbonyl (C=O) groups excluding carboxylic acids is 2. The van der Waals surface area contributed by atoms with Crippen LogP contribution in [0.4, 0.5) is 9.80 Å². The minimum absolute atomic E-state index is 0.246. The highest BCUT2D eigenvalue weighted by atomic mass is 32.1. The van der Waals surface area contributed by atoms with Gasteiger partial charge in [0.25, 0.3) is 5.91 Å². The minimum atomic E-state index is -0.990. The lowest BCUT2D eigenvalue weighted by molar-refractivity contribution is -0.122. The third-order valence-electron chi connectivity index (χ3n) is 3.72. The van der Waals surface area contributed by atoms with Crippen molar-refractivity contribution in [3.63, 3.8) is 0 Å². The summed E-state index contributed by atoms with van der Waals surface area (Å²) in [6.07, 6.45) is 2.06. The van der Waals surface area contributed by atoms with Crippen molar-refractivity contribution in [3.8, 4) is 0 Å². The molecule has 1 N–H and O–H groups in total. The van der Waals surface area contributed by atoms with Gasteiger partial charge in [0.2, 0.25) is 0 Å². The Labute approximate surface area is 126 Å². The predicted molar refractivity (Wildman–Crippen MR) is 81.3 cm³/mol. The number of nitrogens with one attached hydrogen (secondary N) is 1. The van der Waals surface area contributed by atoms with Gasteiger partial charge in [-0.15, -0.1) is 11.3 Å². The molecule has 3 rings (SSSR count). The van der Waals surface area contributed by atoms with Crippen LogP contribution in [0.1, 0.15) is 23.9 Å². The number of aromatic nitrogens is 1. The maximum atomic E-state index is 12.9. The van der Waals surface area contributed by atoms with Crippen LogP contribution in [0, 0.1) is 6.92 Å². The van der Waals surface area contributed by atoms with E-state index in [0.29, 0.717) is 11.4 Å². The molecule has 108 valence electrons. The first-order valence-corrected chi connectivity index (χ1v) is 7.55. The van der Waals surface area contributed by atoms with E-state index >= 15 is 0 Å². The molecule has 0 bridgehead atoms. The summed E-state index contributed by atoms with van der Waals surface area (Å²) in [7, 11) is 0. The van der Waals surface area contributed by atoms with E-state index < -0.39 is 11.6 Å². The summed E-state index contributed by atoms with van der Waals surface area (Å²) in [6, 6.07) is 8.96. The Hall–Kier alpha value is -2.21. The Kier molecular flexibility index (Phi) is 3.25. The van der Waals surface area contributed by atoms with Crippen LogP contribution >= 0.6 is 11.3 Å². The molecule has 21 heavy (non-hydrogen) atoms. The number of amides is 3. The third-order valence-corrected chi connectivity index (χ3v) is 4.62. The lowest BCUT2D eigenvalue weighted by atomic mass is 9.87. The highest BCUT2D eigenvalue weighted by Crippen LogP contribution is 2.36. The van der Waals surface area contributed by atoms with Crippen LogP contribution in [0.25, 0.3) is 0 Å². The maximum Gasteiger partial charge on any atom is 0.330 e. The molecule has 1 aliphatic rings. The van der Waals surface area contributed by atoms with Crippen molar-refractivity contribution < 1.29 is 9.59 Å². The molecule has 6 heteroatoms. The lowest BCUT2D eigenvalue weighted by Crippen LogP contribution is -2.43. The molecular weight excluding hydrogens is 286 g/mol. The number of rotatable bonds is 3. The van der Waals surface area contributed by atoms with Crippen LogP contribution in [0.15, 0.2) is 36.5 Å². The lowest BCUT2D eigenvalue weighted by Gasteiger charge is -2.25. The molecule has 2 aromatic rings. The Morgan fingerprint density at radius 1 is 1.29 bits per heavy atom. The second kappa shape index (κ2) is 4.96. The van der Waals surface area contributed by atoms with Crippen molar-refractivity contribution in [1.29, 1.82) is 0 Å². The van der Waals surface area contributed by atoms with Crippen molar-refractivity contribution in [1.82, 2.24) is 10.3 Å². The van der Waals surface area contributed by atoms with E-state index in [1.165, 1.54) is 16.2 Å². The predicted octanol–water partition coefficient (Wildman–Crippen LogP) is 2.81. The number of aryl methyl sites for hydroxylation is 1. The standard InChI is InChI=1S/C15H15N3O2S/c1-3-15(11-7-5-4-6-8-11)13(19)18(14(20)17-15)12-9-16-10(2)21-12/h4-9H,3H2,1-2H3,(H,17,20). The van der Waals surface area contributed by atoms with E-state index in [1.54, 1.807) is 6.20 Å². The maximum absolute atomic E-state index is 12.9. The van der Waals surface area contributed by atoms with Gasteiger partial charge in [0, 0.05) is 0 Å². The van der Waals surface area contributed by atoms with Crippen LogP contribution < -0.4 is 10.2 Å². The van der Waals surface area contributed by atoms with Crippen molar-refractivity contribution in [3.05, 3.63) is 47.1 Å². The number of hydrogen-bond donors (Lipinski definition) is 1. The number of benzene rings is 1. The van der Waals surface area contributed by atoms with Crippen LogP contribution in [0.3, 0.4) is 0 Å². The summed E-state index contributed by atoms with van der Waals surface area (Å²) in [4.78, 5) is 30.5. The van der Waals surface area contributed by atoms with Gasteiger partial charge in [0.15, 0.2) is 0 Å². The van der Waals surface area contributed by atoms with Crippen molar-refractivity contribution in [2.24, 2.45) is 0 Å². The minimum Gasteiger partial charge on any atom is -0.319 e. The molecular formula is C15H15N3O2S. The largest absolute Gasteiger partial charge is 0.330 e. The van der Waals surface area contributed by atoms with Gasteiger partial charge in [-0.05, 0) is 18.9 Å². The van der Waals surface area contributed by atoms with E-state index in [9.17, 15) is 9.59 Å². The van der Waals surface area contributed by atoms with Crippen LogP contribution in [-0.2, 0) is 10.3 Å². The fraction of sp³-hybridized carbons (Fsp3) is 0.267. The highest BCUT2D eigenvalue weighted by molar-refractivity contribution is 7.16. The van der Waals surface area contributed by atoms with Crippen molar-refractivity contribution in [2.75, 3.05) is 4.90 Å². The summed E-state index contributed by atoms with van der Waals surface area (Å²) in [5, 5.41) is 4.23. The van der Waals surface area contributed by atoms with Gasteiger partial charge in [-0.1, -0.05) is 37.3 Å². The van der Waals surface area contributed by atoms with Gasteiger partial charge >= 0.3 is 6.03 Å². The van der Waals surface area contributed by atoms with Crippen LogP contribution in [0.2, 0.25) is 0 Å². The summed E-state index contributed by atoms with van der Waals surface area (Å²) in [5.74, 6) is -0.246. The Bertz CT molecular complexity index is 698. The quantitative estimate of drug-likeness (QED) is 0.887. The smallest absolute Gasteiger partial charge is 0.319 e. The van der Waals surface area contributed by atoms with E-state index in [1.807, 2.05) is 44.2 Å². The molecule has 0 spiro atoms. The molecule has 3 amide bonds. The topological polar surface area (TPSA) is 62.3 Å². The Morgan fingerprint density at radius 3 is 2.57 bits per heavy atom. The zero-order valence-corrected chi connectivity index (χ0v) is 12.6. The van der Waals surface area contributed by atoms with Gasteiger partial charge in [0.1, 0.15) is 10.5 Å². The molecule has 2 heterocycles. The SMILES string of the molecule is CCC1(c2ccccc2)NC(=O)N(c2cnc(C)s2)C1=O. The number of imide groups is 1. The van der Waals surface area contributed by atoms with Gasteiger partial charge in [-0.25, -0.2) is 14.7 Å². The van der Waals surface area contributed by atoms with Crippen LogP contribution in [0.5, 0.6) is 0 Å². The molecule has 1 aliphatic heterocycles. The highest BCUT2D eigenvalue weighted by Gasteiger charge is 2.52. The first-order valence-electron chi connectivity index (χ1n) is 6.73. The number of hydrogen-bond acceptors (Lipinski definition) is 4. The average Bonchev–Trinajstić information content (AvgIpc) is 3.02. The molecule has 1 saturated heterocycles. The zero-order valence-electron chi connectivity index (χ0n) is 11.8. The monoisotopic (exact) mass is 301 g/mol. The number of carbonyl (C=O) groups is 2. The molecule has 1 aromatic heterocycles. The molecule has 5 nitrogen and oxygen atoms in total. The number of thiazole rings is 1. The van der Waals surface area contributed by atoms with Gasteiger partial charge < -0.3 is 5.32 Å². The number of anilines is 1. The first-order chi connectivity index (χ1) is 10.1. The normalized spacial score (nSPS) is 21.7. The summed E-state index contributed by atoms with van der Waals surface area (Å²) in [6.45, 7) is 3.74. The summed E-state index contributed by atoms with van der Waals surface area (Å²) < 4.78 is 0. The Balaban J connectivity index is 2.06.